The molecule has 2 aromatic carbocycles. The maximum Gasteiger partial charge on any atom is 0.312 e. The van der Waals surface area contributed by atoms with Gasteiger partial charge in [-0.15, -0.1) is 0 Å². The van der Waals surface area contributed by atoms with E-state index in [0.717, 1.165) is 0 Å². The van der Waals surface area contributed by atoms with Crippen LogP contribution in [0.5, 0.6) is 34.5 Å². The molecule has 1 aliphatic heterocycles. The van der Waals surface area contributed by atoms with Gasteiger partial charge in [0.25, 0.3) is 0 Å². The zero-order chi connectivity index (χ0) is 30.1. The van der Waals surface area contributed by atoms with Crippen LogP contribution in [0.2, 0.25) is 0 Å². The third-order valence-electron chi connectivity index (χ3n) is 6.54. The highest BCUT2D eigenvalue weighted by molar-refractivity contribution is 5.84. The molecular weight excluding hydrogens is 544 g/mol. The number of carbonyl (C=O) groups excluding carboxylic acids is 2. The lowest BCUT2D eigenvalue weighted by Crippen LogP contribution is -2.32. The second kappa shape index (κ2) is 14.6. The van der Waals surface area contributed by atoms with E-state index in [0.29, 0.717) is 34.1 Å². The quantitative estimate of drug-likeness (QED) is 0.239. The Hall–Kier alpha value is -3.94. The van der Waals surface area contributed by atoms with Crippen molar-refractivity contribution in [3.05, 3.63) is 35.4 Å². The van der Waals surface area contributed by atoms with E-state index in [1.165, 1.54) is 56.9 Å². The number of methoxy groups -OCH3 is 8. The van der Waals surface area contributed by atoms with Crippen molar-refractivity contribution in [2.75, 3.05) is 70.5 Å². The molecule has 0 bridgehead atoms. The predicted octanol–water partition coefficient (Wildman–Crippen LogP) is 3.08. The monoisotopic (exact) mass is 580 g/mol. The van der Waals surface area contributed by atoms with E-state index in [2.05, 4.69) is 0 Å². The first-order valence-corrected chi connectivity index (χ1v) is 12.4. The SMILES string of the molecule is COCOc1c(OC)cc(C2OC(c3cc(OC)c(OCOC)c(OC)c3)C(C(=O)OC)C2C(=O)OC)cc1OC. The predicted molar refractivity (Wildman–Crippen MR) is 142 cm³/mol. The van der Waals surface area contributed by atoms with Crippen LogP contribution < -0.4 is 28.4 Å². The van der Waals surface area contributed by atoms with Gasteiger partial charge in [0.15, 0.2) is 36.6 Å². The molecule has 0 aromatic heterocycles. The van der Waals surface area contributed by atoms with Gasteiger partial charge in [-0.1, -0.05) is 0 Å². The van der Waals surface area contributed by atoms with E-state index in [1.807, 2.05) is 0 Å². The molecule has 3 rings (SSSR count). The van der Waals surface area contributed by atoms with Crippen molar-refractivity contribution in [2.45, 2.75) is 12.2 Å². The van der Waals surface area contributed by atoms with Gasteiger partial charge in [-0.2, -0.15) is 0 Å². The van der Waals surface area contributed by atoms with Crippen LogP contribution in [0.4, 0.5) is 0 Å². The van der Waals surface area contributed by atoms with Crippen molar-refractivity contribution >= 4 is 11.9 Å². The molecule has 1 saturated heterocycles. The smallest absolute Gasteiger partial charge is 0.312 e. The van der Waals surface area contributed by atoms with Gasteiger partial charge in [-0.05, 0) is 35.4 Å². The van der Waals surface area contributed by atoms with Crippen molar-refractivity contribution in [3.8, 4) is 34.5 Å². The summed E-state index contributed by atoms with van der Waals surface area (Å²) in [6.45, 7) is -0.117. The molecule has 13 nitrogen and oxygen atoms in total. The third kappa shape index (κ3) is 6.53. The molecule has 1 aliphatic rings. The fourth-order valence-corrected chi connectivity index (χ4v) is 4.74. The summed E-state index contributed by atoms with van der Waals surface area (Å²) in [7, 11) is 11.3. The number of esters is 2. The van der Waals surface area contributed by atoms with Crippen LogP contribution in [0, 0.1) is 11.8 Å². The number of carbonyl (C=O) groups is 2. The van der Waals surface area contributed by atoms with Gasteiger partial charge in [0.1, 0.15) is 11.8 Å². The first-order chi connectivity index (χ1) is 19.8. The third-order valence-corrected chi connectivity index (χ3v) is 6.54. The molecule has 1 heterocycles. The van der Waals surface area contributed by atoms with Gasteiger partial charge in [-0.25, -0.2) is 0 Å². The Morgan fingerprint density at radius 2 is 0.902 bits per heavy atom. The Balaban J connectivity index is 2.20. The fraction of sp³-hybridized carbons (Fsp3) is 0.500. The standard InChI is InChI=1S/C28H36O13/c1-31-13-39-25-17(33-3)9-15(10-18(25)34-4)23-21(27(29)37-7)22(28(30)38-8)24(41-23)16-11-19(35-5)26(40-14-32-2)20(12-16)36-6/h9-12,21-24H,13-14H2,1-8H3. The number of rotatable bonds is 14. The zero-order valence-corrected chi connectivity index (χ0v) is 24.3. The first-order valence-electron chi connectivity index (χ1n) is 12.4. The summed E-state index contributed by atoms with van der Waals surface area (Å²) in [6, 6.07) is 6.53. The lowest BCUT2D eigenvalue weighted by molar-refractivity contribution is -0.157. The van der Waals surface area contributed by atoms with E-state index >= 15 is 0 Å². The van der Waals surface area contributed by atoms with Crippen molar-refractivity contribution in [3.63, 3.8) is 0 Å². The number of hydrogen-bond donors (Lipinski definition) is 0. The summed E-state index contributed by atoms with van der Waals surface area (Å²) in [6.07, 6.45) is -1.98. The number of benzene rings is 2. The second-order valence-corrected chi connectivity index (χ2v) is 8.69. The van der Waals surface area contributed by atoms with E-state index in [1.54, 1.807) is 24.3 Å². The van der Waals surface area contributed by atoms with Crippen LogP contribution in [-0.4, -0.2) is 82.4 Å². The Labute approximate surface area is 238 Å². The van der Waals surface area contributed by atoms with Crippen LogP contribution in [-0.2, 0) is 33.3 Å². The van der Waals surface area contributed by atoms with Crippen LogP contribution in [0.1, 0.15) is 23.3 Å². The van der Waals surface area contributed by atoms with Crippen molar-refractivity contribution in [1.82, 2.24) is 0 Å². The maximum atomic E-state index is 13.2. The topological polar surface area (TPSA) is 136 Å². The molecule has 0 amide bonds. The summed E-state index contributed by atoms with van der Waals surface area (Å²) in [5.41, 5.74) is 0.934. The summed E-state index contributed by atoms with van der Waals surface area (Å²) in [4.78, 5) is 26.5. The second-order valence-electron chi connectivity index (χ2n) is 8.69. The average molecular weight is 581 g/mol. The molecule has 13 heteroatoms. The minimum absolute atomic E-state index is 0.0585. The molecule has 2 aromatic rings. The van der Waals surface area contributed by atoms with Crippen LogP contribution >= 0.6 is 0 Å². The Morgan fingerprint density at radius 3 is 1.15 bits per heavy atom. The molecule has 0 saturated carbocycles. The molecular formula is C28H36O13. The summed E-state index contributed by atoms with van der Waals surface area (Å²) >= 11 is 0. The average Bonchev–Trinajstić information content (AvgIpc) is 3.41. The minimum atomic E-state index is -1.11. The highest BCUT2D eigenvalue weighted by atomic mass is 16.7. The van der Waals surface area contributed by atoms with Crippen LogP contribution in [0.25, 0.3) is 0 Å². The van der Waals surface area contributed by atoms with Gasteiger partial charge >= 0.3 is 11.9 Å². The zero-order valence-electron chi connectivity index (χ0n) is 24.3. The Bertz CT molecular complexity index is 1060. The van der Waals surface area contributed by atoms with Crippen molar-refractivity contribution in [2.24, 2.45) is 11.8 Å². The first kappa shape index (κ1) is 31.6. The Morgan fingerprint density at radius 1 is 0.585 bits per heavy atom. The highest BCUT2D eigenvalue weighted by Gasteiger charge is 2.54. The fourth-order valence-electron chi connectivity index (χ4n) is 4.74. The summed E-state index contributed by atoms with van der Waals surface area (Å²) in [5.74, 6) is -1.82. The van der Waals surface area contributed by atoms with Crippen molar-refractivity contribution < 1.29 is 61.7 Å². The lowest BCUT2D eigenvalue weighted by Gasteiger charge is -2.22. The molecule has 4 atom stereocenters. The molecule has 1 fully saturated rings. The van der Waals surface area contributed by atoms with E-state index in [9.17, 15) is 9.59 Å². The largest absolute Gasteiger partial charge is 0.493 e. The lowest BCUT2D eigenvalue weighted by atomic mass is 9.82. The van der Waals surface area contributed by atoms with E-state index in [4.69, 9.17) is 52.1 Å². The molecule has 226 valence electrons. The minimum Gasteiger partial charge on any atom is -0.493 e. The number of hydrogen-bond acceptors (Lipinski definition) is 13. The normalized spacial score (nSPS) is 19.7. The number of ether oxygens (including phenoxy) is 11. The van der Waals surface area contributed by atoms with Gasteiger partial charge in [0.05, 0.1) is 54.9 Å². The molecule has 0 spiro atoms. The summed E-state index contributed by atoms with van der Waals surface area (Å²) in [5, 5.41) is 0. The van der Waals surface area contributed by atoms with Gasteiger partial charge < -0.3 is 52.1 Å². The molecule has 0 N–H and O–H groups in total. The maximum absolute atomic E-state index is 13.2. The van der Waals surface area contributed by atoms with Gasteiger partial charge in [0.2, 0.25) is 11.5 Å². The summed E-state index contributed by atoms with van der Waals surface area (Å²) < 4.78 is 60.2. The van der Waals surface area contributed by atoms with E-state index in [-0.39, 0.29) is 25.1 Å². The molecule has 0 radical (unpaired) electrons. The van der Waals surface area contributed by atoms with Gasteiger partial charge in [0, 0.05) is 14.2 Å². The highest BCUT2D eigenvalue weighted by Crippen LogP contribution is 2.54. The molecule has 41 heavy (non-hydrogen) atoms. The van der Waals surface area contributed by atoms with Crippen molar-refractivity contribution in [1.29, 1.82) is 0 Å². The molecule has 4 unspecified atom stereocenters. The molecule has 0 aliphatic carbocycles. The van der Waals surface area contributed by atoms with Crippen LogP contribution in [0.3, 0.4) is 0 Å². The van der Waals surface area contributed by atoms with Gasteiger partial charge in [-0.3, -0.25) is 9.59 Å². The Kier molecular flexibility index (Phi) is 11.3. The van der Waals surface area contributed by atoms with E-state index < -0.39 is 36.0 Å². The van der Waals surface area contributed by atoms with Crippen LogP contribution in [0.15, 0.2) is 24.3 Å².